The minimum atomic E-state index is 0.646. The smallest absolute Gasteiger partial charge is 0.0306 e. The zero-order valence-electron chi connectivity index (χ0n) is 7.71. The van der Waals surface area contributed by atoms with Crippen LogP contribution in [0, 0.1) is 0 Å². The quantitative estimate of drug-likeness (QED) is 0.594. The summed E-state index contributed by atoms with van der Waals surface area (Å²) in [6.45, 7) is 6.71. The molecule has 0 saturated carbocycles. The molecule has 11 heavy (non-hydrogen) atoms. The summed E-state index contributed by atoms with van der Waals surface area (Å²) in [7, 11) is 0. The molecule has 0 aromatic carbocycles. The van der Waals surface area contributed by atoms with E-state index in [1.54, 1.807) is 0 Å². The molecule has 0 aromatic rings. The first-order valence-corrected chi connectivity index (χ1v) is 4.78. The highest BCUT2D eigenvalue weighted by Gasteiger charge is 2.14. The molecule has 0 amide bonds. The van der Waals surface area contributed by atoms with E-state index in [0.29, 0.717) is 6.04 Å². The van der Waals surface area contributed by atoms with E-state index in [0.717, 1.165) is 6.54 Å². The predicted octanol–water partition coefficient (Wildman–Crippen LogP) is 1.79. The zero-order valence-corrected chi connectivity index (χ0v) is 7.71. The van der Waals surface area contributed by atoms with Crippen molar-refractivity contribution in [1.29, 1.82) is 0 Å². The first-order chi connectivity index (χ1) is 5.34. The Hall–Kier alpha value is -0.0800. The van der Waals surface area contributed by atoms with Crippen molar-refractivity contribution >= 4 is 0 Å². The number of rotatable bonds is 2. The average molecular weight is 155 g/mol. The molecule has 1 rings (SSSR count). The van der Waals surface area contributed by atoms with Crippen molar-refractivity contribution in [2.45, 2.75) is 45.6 Å². The summed E-state index contributed by atoms with van der Waals surface area (Å²) < 4.78 is 0. The Balaban J connectivity index is 2.30. The maximum atomic E-state index is 4.53. The molecule has 1 aliphatic heterocycles. The van der Waals surface area contributed by atoms with E-state index < -0.39 is 0 Å². The molecule has 2 heteroatoms. The summed E-state index contributed by atoms with van der Waals surface area (Å²) in [5.41, 5.74) is 4.53. The van der Waals surface area contributed by atoms with E-state index in [2.05, 4.69) is 24.3 Å². The SMILES string of the molecule is CCC(C)N1CCCCC[N]1. The van der Waals surface area contributed by atoms with E-state index >= 15 is 0 Å². The van der Waals surface area contributed by atoms with Gasteiger partial charge in [-0.3, -0.25) is 0 Å². The molecule has 1 unspecified atom stereocenters. The van der Waals surface area contributed by atoms with Crippen LogP contribution in [0.3, 0.4) is 0 Å². The van der Waals surface area contributed by atoms with Gasteiger partial charge in [0.05, 0.1) is 0 Å². The number of nitrogens with zero attached hydrogens (tertiary/aromatic N) is 2. The van der Waals surface area contributed by atoms with Crippen molar-refractivity contribution in [2.24, 2.45) is 0 Å². The van der Waals surface area contributed by atoms with Crippen LogP contribution < -0.4 is 5.43 Å². The Morgan fingerprint density at radius 3 is 2.91 bits per heavy atom. The molecule has 1 aliphatic rings. The van der Waals surface area contributed by atoms with E-state index in [-0.39, 0.29) is 0 Å². The second-order valence-corrected chi connectivity index (χ2v) is 3.35. The van der Waals surface area contributed by atoms with Crippen molar-refractivity contribution in [3.05, 3.63) is 0 Å². The van der Waals surface area contributed by atoms with Gasteiger partial charge in [0.1, 0.15) is 0 Å². The molecule has 1 atom stereocenters. The van der Waals surface area contributed by atoms with Crippen molar-refractivity contribution in [3.8, 4) is 0 Å². The molecular formula is C9H19N2. The van der Waals surface area contributed by atoms with Gasteiger partial charge in [0, 0.05) is 19.1 Å². The van der Waals surface area contributed by atoms with Crippen molar-refractivity contribution < 1.29 is 0 Å². The van der Waals surface area contributed by atoms with Crippen LogP contribution in [0.25, 0.3) is 0 Å². The van der Waals surface area contributed by atoms with Crippen LogP contribution >= 0.6 is 0 Å². The molecule has 1 heterocycles. The summed E-state index contributed by atoms with van der Waals surface area (Å²) >= 11 is 0. The Labute approximate surface area is 69.9 Å². The molecule has 1 saturated heterocycles. The third kappa shape index (κ3) is 2.80. The van der Waals surface area contributed by atoms with Crippen LogP contribution in [-0.2, 0) is 0 Å². The highest BCUT2D eigenvalue weighted by molar-refractivity contribution is 4.64. The van der Waals surface area contributed by atoms with Gasteiger partial charge in [-0.15, -0.1) is 0 Å². The van der Waals surface area contributed by atoms with Gasteiger partial charge in [0.25, 0.3) is 0 Å². The Kier molecular flexibility index (Phi) is 3.87. The molecule has 0 N–H and O–H groups in total. The van der Waals surface area contributed by atoms with Crippen LogP contribution in [0.15, 0.2) is 0 Å². The third-order valence-corrected chi connectivity index (χ3v) is 2.43. The van der Waals surface area contributed by atoms with Gasteiger partial charge in [-0.05, 0) is 26.2 Å². The van der Waals surface area contributed by atoms with Gasteiger partial charge < -0.3 is 0 Å². The van der Waals surface area contributed by atoms with Gasteiger partial charge >= 0.3 is 0 Å². The zero-order chi connectivity index (χ0) is 8.10. The maximum Gasteiger partial charge on any atom is 0.0306 e. The lowest BCUT2D eigenvalue weighted by atomic mass is 10.2. The largest absolute Gasteiger partial charge is 0.224 e. The third-order valence-electron chi connectivity index (χ3n) is 2.43. The molecule has 0 bridgehead atoms. The van der Waals surface area contributed by atoms with E-state index in [4.69, 9.17) is 0 Å². The first kappa shape index (κ1) is 9.01. The summed E-state index contributed by atoms with van der Waals surface area (Å²) in [5.74, 6) is 0. The Morgan fingerprint density at radius 1 is 1.36 bits per heavy atom. The molecule has 65 valence electrons. The lowest BCUT2D eigenvalue weighted by Gasteiger charge is -2.24. The minimum Gasteiger partial charge on any atom is -0.224 e. The fourth-order valence-corrected chi connectivity index (χ4v) is 1.40. The van der Waals surface area contributed by atoms with Crippen molar-refractivity contribution in [3.63, 3.8) is 0 Å². The van der Waals surface area contributed by atoms with Gasteiger partial charge in [0.2, 0.25) is 0 Å². The fraction of sp³-hybridized carbons (Fsp3) is 1.00. The van der Waals surface area contributed by atoms with Crippen molar-refractivity contribution in [1.82, 2.24) is 10.4 Å². The molecule has 0 spiro atoms. The van der Waals surface area contributed by atoms with E-state index in [1.165, 1.54) is 32.2 Å². The van der Waals surface area contributed by atoms with Crippen LogP contribution in [0.4, 0.5) is 0 Å². The normalized spacial score (nSPS) is 24.5. The fourth-order valence-electron chi connectivity index (χ4n) is 1.40. The molecule has 1 radical (unpaired) electrons. The molecule has 1 fully saturated rings. The lowest BCUT2D eigenvalue weighted by Crippen LogP contribution is -2.38. The summed E-state index contributed by atoms with van der Waals surface area (Å²) in [4.78, 5) is 0. The van der Waals surface area contributed by atoms with E-state index in [9.17, 15) is 0 Å². The van der Waals surface area contributed by atoms with E-state index in [1.807, 2.05) is 0 Å². The lowest BCUT2D eigenvalue weighted by molar-refractivity contribution is 0.134. The number of hydrogen-bond donors (Lipinski definition) is 0. The molecule has 0 aromatic heterocycles. The van der Waals surface area contributed by atoms with Gasteiger partial charge in [-0.1, -0.05) is 13.3 Å². The molecular weight excluding hydrogens is 136 g/mol. The standard InChI is InChI=1S/C9H19N2/c1-3-9(2)11-8-6-4-5-7-10-11/h9H,3-8H2,1-2H3. The van der Waals surface area contributed by atoms with Gasteiger partial charge in [-0.25, -0.2) is 5.01 Å². The van der Waals surface area contributed by atoms with Gasteiger partial charge in [-0.2, -0.15) is 5.43 Å². The minimum absolute atomic E-state index is 0.646. The number of hydrogen-bond acceptors (Lipinski definition) is 1. The Morgan fingerprint density at radius 2 is 2.18 bits per heavy atom. The van der Waals surface area contributed by atoms with Crippen LogP contribution in [0.5, 0.6) is 0 Å². The van der Waals surface area contributed by atoms with Crippen LogP contribution in [0.1, 0.15) is 39.5 Å². The molecule has 2 nitrogen and oxygen atoms in total. The monoisotopic (exact) mass is 155 g/mol. The summed E-state index contributed by atoms with van der Waals surface area (Å²) in [6, 6.07) is 0.646. The second-order valence-electron chi connectivity index (χ2n) is 3.35. The first-order valence-electron chi connectivity index (χ1n) is 4.78. The maximum absolute atomic E-state index is 4.53. The highest BCUT2D eigenvalue weighted by atomic mass is 15.5. The van der Waals surface area contributed by atoms with Crippen LogP contribution in [0.2, 0.25) is 0 Å². The highest BCUT2D eigenvalue weighted by Crippen LogP contribution is 2.08. The molecule has 0 aliphatic carbocycles. The van der Waals surface area contributed by atoms with Crippen molar-refractivity contribution in [2.75, 3.05) is 13.1 Å². The summed E-state index contributed by atoms with van der Waals surface area (Å²) in [6.07, 6.45) is 5.18. The second kappa shape index (κ2) is 4.73. The van der Waals surface area contributed by atoms with Gasteiger partial charge in [0.15, 0.2) is 0 Å². The Bertz CT molecular complexity index is 95.7. The predicted molar refractivity (Wildman–Crippen MR) is 47.3 cm³/mol. The average Bonchev–Trinajstić information content (AvgIpc) is 2.30. The van der Waals surface area contributed by atoms with Crippen LogP contribution in [-0.4, -0.2) is 24.1 Å². The summed E-state index contributed by atoms with van der Waals surface area (Å²) in [5, 5.41) is 2.27. The topological polar surface area (TPSA) is 17.3 Å².